The van der Waals surface area contributed by atoms with Crippen molar-refractivity contribution < 1.29 is 5.11 Å². The third kappa shape index (κ3) is 3.41. The maximum absolute atomic E-state index is 10.2. The first kappa shape index (κ1) is 13.3. The van der Waals surface area contributed by atoms with Gasteiger partial charge < -0.3 is 5.11 Å². The third-order valence-corrected chi connectivity index (χ3v) is 4.67. The highest BCUT2D eigenvalue weighted by atomic mass is 79.9. The Bertz CT molecular complexity index is 522. The van der Waals surface area contributed by atoms with E-state index >= 15 is 0 Å². The van der Waals surface area contributed by atoms with Gasteiger partial charge in [0.15, 0.2) is 0 Å². The lowest BCUT2D eigenvalue weighted by atomic mass is 10.0. The van der Waals surface area contributed by atoms with E-state index in [-0.39, 0.29) is 0 Å². The van der Waals surface area contributed by atoms with Crippen molar-refractivity contribution in [3.05, 3.63) is 54.6 Å². The van der Waals surface area contributed by atoms with Gasteiger partial charge in [-0.25, -0.2) is 0 Å². The molecule has 0 aliphatic rings. The zero-order chi connectivity index (χ0) is 12.4. The Labute approximate surface area is 122 Å². The van der Waals surface area contributed by atoms with Gasteiger partial charge in [-0.3, -0.25) is 0 Å². The van der Waals surface area contributed by atoms with Crippen molar-refractivity contribution in [2.75, 3.05) is 0 Å². The highest BCUT2D eigenvalue weighted by Gasteiger charge is 2.14. The summed E-state index contributed by atoms with van der Waals surface area (Å²) < 4.78 is 2.11. The molecule has 1 aromatic carbocycles. The lowest BCUT2D eigenvalue weighted by Gasteiger charge is -2.10. The SMILES string of the molecule is Cc1sc(Br)cc1C(O)Cc1cccc(Br)c1. The van der Waals surface area contributed by atoms with Gasteiger partial charge in [0, 0.05) is 15.8 Å². The minimum absolute atomic E-state index is 0.438. The topological polar surface area (TPSA) is 20.2 Å². The molecule has 0 spiro atoms. The molecule has 0 aliphatic carbocycles. The fraction of sp³-hybridized carbons (Fsp3) is 0.231. The van der Waals surface area contributed by atoms with Crippen LogP contribution in [-0.2, 0) is 6.42 Å². The zero-order valence-corrected chi connectivity index (χ0v) is 13.3. The Kier molecular flexibility index (Phi) is 4.42. The van der Waals surface area contributed by atoms with Crippen LogP contribution in [0.1, 0.15) is 22.1 Å². The smallest absolute Gasteiger partial charge is 0.0841 e. The van der Waals surface area contributed by atoms with Crippen molar-refractivity contribution >= 4 is 43.2 Å². The van der Waals surface area contributed by atoms with Gasteiger partial charge >= 0.3 is 0 Å². The molecule has 2 aromatic rings. The average Bonchev–Trinajstić information content (AvgIpc) is 2.58. The summed E-state index contributed by atoms with van der Waals surface area (Å²) in [5, 5.41) is 10.2. The van der Waals surface area contributed by atoms with Crippen LogP contribution >= 0.6 is 43.2 Å². The summed E-state index contributed by atoms with van der Waals surface area (Å²) in [5.74, 6) is 0. The van der Waals surface area contributed by atoms with Crippen molar-refractivity contribution in [3.63, 3.8) is 0 Å². The largest absolute Gasteiger partial charge is 0.388 e. The maximum atomic E-state index is 10.2. The van der Waals surface area contributed by atoms with E-state index in [9.17, 15) is 5.11 Å². The number of aliphatic hydroxyl groups is 1. The van der Waals surface area contributed by atoms with Crippen LogP contribution in [0.3, 0.4) is 0 Å². The van der Waals surface area contributed by atoms with E-state index in [0.29, 0.717) is 6.42 Å². The first-order valence-electron chi connectivity index (χ1n) is 5.24. The fourth-order valence-electron chi connectivity index (χ4n) is 1.79. The predicted molar refractivity (Wildman–Crippen MR) is 79.6 cm³/mol. The van der Waals surface area contributed by atoms with Crippen LogP contribution in [0.25, 0.3) is 0 Å². The number of aliphatic hydroxyl groups excluding tert-OH is 1. The molecule has 1 heterocycles. The molecule has 2 rings (SSSR count). The molecule has 0 fully saturated rings. The lowest BCUT2D eigenvalue weighted by Crippen LogP contribution is -2.01. The molecular formula is C13H12Br2OS. The predicted octanol–water partition coefficient (Wildman–Crippen LogP) is 4.86. The summed E-state index contributed by atoms with van der Waals surface area (Å²) in [5.41, 5.74) is 2.15. The van der Waals surface area contributed by atoms with E-state index in [1.54, 1.807) is 11.3 Å². The molecular weight excluding hydrogens is 364 g/mol. The number of aryl methyl sites for hydroxylation is 1. The van der Waals surface area contributed by atoms with Crippen molar-refractivity contribution in [2.45, 2.75) is 19.4 Å². The van der Waals surface area contributed by atoms with Crippen LogP contribution in [0.4, 0.5) is 0 Å². The van der Waals surface area contributed by atoms with E-state index in [2.05, 4.69) is 31.9 Å². The monoisotopic (exact) mass is 374 g/mol. The van der Waals surface area contributed by atoms with Crippen LogP contribution in [0, 0.1) is 6.92 Å². The molecule has 0 amide bonds. The fourth-order valence-corrected chi connectivity index (χ4v) is 4.00. The highest BCUT2D eigenvalue weighted by molar-refractivity contribution is 9.11. The third-order valence-electron chi connectivity index (χ3n) is 2.60. The average molecular weight is 376 g/mol. The quantitative estimate of drug-likeness (QED) is 0.812. The number of hydrogen-bond acceptors (Lipinski definition) is 2. The Hall–Kier alpha value is -0.160. The normalized spacial score (nSPS) is 12.7. The van der Waals surface area contributed by atoms with Gasteiger partial charge in [-0.1, -0.05) is 28.1 Å². The van der Waals surface area contributed by atoms with E-state index < -0.39 is 6.10 Å². The molecule has 1 aromatic heterocycles. The summed E-state index contributed by atoms with van der Waals surface area (Å²) >= 11 is 8.55. The molecule has 0 saturated heterocycles. The molecule has 0 bridgehead atoms. The number of halogens is 2. The van der Waals surface area contributed by atoms with E-state index in [1.165, 1.54) is 4.88 Å². The van der Waals surface area contributed by atoms with Crippen molar-refractivity contribution in [2.24, 2.45) is 0 Å². The second-order valence-electron chi connectivity index (χ2n) is 3.91. The van der Waals surface area contributed by atoms with E-state index in [4.69, 9.17) is 0 Å². The summed E-state index contributed by atoms with van der Waals surface area (Å²) in [4.78, 5) is 1.17. The van der Waals surface area contributed by atoms with Gasteiger partial charge in [-0.15, -0.1) is 11.3 Å². The Morgan fingerprint density at radius 1 is 1.29 bits per heavy atom. The van der Waals surface area contributed by atoms with Crippen LogP contribution in [-0.4, -0.2) is 5.11 Å². The van der Waals surface area contributed by atoms with Crippen molar-refractivity contribution in [1.29, 1.82) is 0 Å². The molecule has 1 unspecified atom stereocenters. The number of hydrogen-bond donors (Lipinski definition) is 1. The maximum Gasteiger partial charge on any atom is 0.0841 e. The lowest BCUT2D eigenvalue weighted by molar-refractivity contribution is 0.178. The molecule has 0 radical (unpaired) electrons. The standard InChI is InChI=1S/C13H12Br2OS/c1-8-11(7-13(15)17-8)12(16)6-9-3-2-4-10(14)5-9/h2-5,7,12,16H,6H2,1H3. The number of thiophene rings is 1. The molecule has 1 nitrogen and oxygen atoms in total. The Balaban J connectivity index is 2.16. The molecule has 0 aliphatic heterocycles. The van der Waals surface area contributed by atoms with Crippen LogP contribution in [0.5, 0.6) is 0 Å². The van der Waals surface area contributed by atoms with Crippen LogP contribution < -0.4 is 0 Å². The molecule has 1 N–H and O–H groups in total. The Morgan fingerprint density at radius 2 is 2.06 bits per heavy atom. The zero-order valence-electron chi connectivity index (χ0n) is 9.28. The first-order valence-corrected chi connectivity index (χ1v) is 7.65. The molecule has 4 heteroatoms. The second kappa shape index (κ2) is 5.65. The minimum Gasteiger partial charge on any atom is -0.388 e. The van der Waals surface area contributed by atoms with Gasteiger partial charge in [0.2, 0.25) is 0 Å². The molecule has 90 valence electrons. The van der Waals surface area contributed by atoms with Gasteiger partial charge in [0.1, 0.15) is 0 Å². The van der Waals surface area contributed by atoms with Gasteiger partial charge in [-0.2, -0.15) is 0 Å². The summed E-state index contributed by atoms with van der Waals surface area (Å²) in [7, 11) is 0. The van der Waals surface area contributed by atoms with Crippen LogP contribution in [0.2, 0.25) is 0 Å². The number of rotatable bonds is 3. The van der Waals surface area contributed by atoms with E-state index in [1.807, 2.05) is 37.3 Å². The highest BCUT2D eigenvalue weighted by Crippen LogP contribution is 2.32. The van der Waals surface area contributed by atoms with Gasteiger partial charge in [-0.05, 0) is 52.2 Å². The van der Waals surface area contributed by atoms with Gasteiger partial charge in [0.25, 0.3) is 0 Å². The molecule has 0 saturated carbocycles. The molecule has 1 atom stereocenters. The van der Waals surface area contributed by atoms with Crippen molar-refractivity contribution in [3.8, 4) is 0 Å². The second-order valence-corrected chi connectivity index (χ2v) is 7.46. The van der Waals surface area contributed by atoms with Crippen LogP contribution in [0.15, 0.2) is 38.6 Å². The van der Waals surface area contributed by atoms with Crippen molar-refractivity contribution in [1.82, 2.24) is 0 Å². The summed E-state index contributed by atoms with van der Waals surface area (Å²) in [6.45, 7) is 2.04. The molecule has 17 heavy (non-hydrogen) atoms. The first-order chi connectivity index (χ1) is 8.06. The summed E-state index contributed by atoms with van der Waals surface area (Å²) in [6.07, 6.45) is 0.204. The van der Waals surface area contributed by atoms with Gasteiger partial charge in [0.05, 0.1) is 9.89 Å². The minimum atomic E-state index is -0.438. The number of benzene rings is 1. The Morgan fingerprint density at radius 3 is 2.65 bits per heavy atom. The van der Waals surface area contributed by atoms with E-state index in [0.717, 1.165) is 19.4 Å². The summed E-state index contributed by atoms with van der Waals surface area (Å²) in [6, 6.07) is 10.1.